The van der Waals surface area contributed by atoms with Crippen LogP contribution in [0.3, 0.4) is 0 Å². The molecule has 0 spiro atoms. The molecule has 6 nitrogen and oxygen atoms in total. The quantitative estimate of drug-likeness (QED) is 0.0941. The molecule has 35 heavy (non-hydrogen) atoms. The van der Waals surface area contributed by atoms with Crippen LogP contribution >= 0.6 is 78.1 Å². The normalized spacial score (nSPS) is 11.2. The van der Waals surface area contributed by atoms with Crippen molar-refractivity contribution in [2.24, 2.45) is 0 Å². The van der Waals surface area contributed by atoms with E-state index in [9.17, 15) is 0 Å². The van der Waals surface area contributed by atoms with E-state index in [0.717, 1.165) is 56.0 Å². The van der Waals surface area contributed by atoms with Crippen molar-refractivity contribution in [2.75, 3.05) is 0 Å². The standard InChI is InChI=1S/C23H16Br2N6S4/c1-13-10-18(32-11-19-28-30-21(34-19)14-2-6-16(24)7-3-14)27-23(26-13)33-12-20-29-31-22(35-20)15-4-8-17(25)9-5-15/h2-10H,11-12H2,1H3. The van der Waals surface area contributed by atoms with Crippen LogP contribution in [0.2, 0.25) is 0 Å². The van der Waals surface area contributed by atoms with Crippen molar-refractivity contribution < 1.29 is 0 Å². The molecule has 0 aliphatic carbocycles. The molecular formula is C23H16Br2N6S4. The molecule has 0 aliphatic rings. The van der Waals surface area contributed by atoms with Gasteiger partial charge >= 0.3 is 0 Å². The fourth-order valence-electron chi connectivity index (χ4n) is 2.96. The van der Waals surface area contributed by atoms with Gasteiger partial charge < -0.3 is 0 Å². The molecule has 0 saturated carbocycles. The summed E-state index contributed by atoms with van der Waals surface area (Å²) in [4.78, 5) is 9.32. The third-order valence-electron chi connectivity index (χ3n) is 4.59. The lowest BCUT2D eigenvalue weighted by Crippen LogP contribution is -1.93. The minimum absolute atomic E-state index is 0.675. The van der Waals surface area contributed by atoms with Crippen LogP contribution in [0.4, 0.5) is 0 Å². The van der Waals surface area contributed by atoms with Crippen LogP contribution in [0.5, 0.6) is 0 Å². The molecule has 0 N–H and O–H groups in total. The van der Waals surface area contributed by atoms with Crippen LogP contribution in [-0.2, 0) is 11.5 Å². The number of aryl methyl sites for hydroxylation is 1. The van der Waals surface area contributed by atoms with Crippen LogP contribution < -0.4 is 0 Å². The highest BCUT2D eigenvalue weighted by atomic mass is 79.9. The fraction of sp³-hybridized carbons (Fsp3) is 0.130. The zero-order valence-corrected chi connectivity index (χ0v) is 24.6. The number of hydrogen-bond donors (Lipinski definition) is 0. The van der Waals surface area contributed by atoms with Gasteiger partial charge in [0.25, 0.3) is 0 Å². The predicted octanol–water partition coefficient (Wildman–Crippen LogP) is 7.93. The number of nitrogens with zero attached hydrogens (tertiary/aromatic N) is 6. The van der Waals surface area contributed by atoms with Crippen LogP contribution in [0.25, 0.3) is 21.1 Å². The molecule has 0 fully saturated rings. The molecule has 2 aromatic carbocycles. The summed E-state index contributed by atoms with van der Waals surface area (Å²) in [5.74, 6) is 1.39. The van der Waals surface area contributed by atoms with Crippen molar-refractivity contribution in [2.45, 2.75) is 28.6 Å². The van der Waals surface area contributed by atoms with Crippen LogP contribution in [0, 0.1) is 6.92 Å². The molecule has 0 amide bonds. The summed E-state index contributed by atoms with van der Waals surface area (Å²) in [6, 6.07) is 18.2. The monoisotopic (exact) mass is 662 g/mol. The van der Waals surface area contributed by atoms with Crippen molar-refractivity contribution >= 4 is 78.1 Å². The Morgan fingerprint density at radius 2 is 1.20 bits per heavy atom. The minimum Gasteiger partial charge on any atom is -0.228 e. The van der Waals surface area contributed by atoms with Crippen molar-refractivity contribution in [1.29, 1.82) is 0 Å². The molecule has 5 aromatic rings. The van der Waals surface area contributed by atoms with Crippen LogP contribution in [0.15, 0.2) is 73.7 Å². The van der Waals surface area contributed by atoms with Gasteiger partial charge in [-0.2, -0.15) is 0 Å². The summed E-state index contributed by atoms with van der Waals surface area (Å²) in [5, 5.41) is 22.8. The Labute approximate surface area is 235 Å². The van der Waals surface area contributed by atoms with Gasteiger partial charge in [-0.15, -0.1) is 20.4 Å². The Balaban J connectivity index is 1.20. The van der Waals surface area contributed by atoms with Gasteiger partial charge in [-0.1, -0.05) is 102 Å². The highest BCUT2D eigenvalue weighted by Crippen LogP contribution is 2.31. The van der Waals surface area contributed by atoms with Gasteiger partial charge in [-0.3, -0.25) is 0 Å². The van der Waals surface area contributed by atoms with E-state index >= 15 is 0 Å². The topological polar surface area (TPSA) is 77.3 Å². The van der Waals surface area contributed by atoms with Crippen LogP contribution in [0.1, 0.15) is 15.7 Å². The maximum Gasteiger partial charge on any atom is 0.189 e. The first-order valence-electron chi connectivity index (χ1n) is 10.3. The average Bonchev–Trinajstić information content (AvgIpc) is 3.52. The van der Waals surface area contributed by atoms with Gasteiger partial charge in [0.1, 0.15) is 25.1 Å². The number of thioether (sulfide) groups is 2. The van der Waals surface area contributed by atoms with Gasteiger partial charge in [-0.25, -0.2) is 9.97 Å². The van der Waals surface area contributed by atoms with Crippen molar-refractivity contribution in [3.05, 3.63) is 79.3 Å². The molecule has 0 aliphatic heterocycles. The summed E-state index contributed by atoms with van der Waals surface area (Å²) in [6.45, 7) is 1.99. The summed E-state index contributed by atoms with van der Waals surface area (Å²) < 4.78 is 2.09. The van der Waals surface area contributed by atoms with E-state index in [1.165, 1.54) is 0 Å². The maximum absolute atomic E-state index is 4.73. The van der Waals surface area contributed by atoms with Gasteiger partial charge in [0.15, 0.2) is 5.16 Å². The number of hydrogen-bond acceptors (Lipinski definition) is 10. The lowest BCUT2D eigenvalue weighted by atomic mass is 10.2. The molecule has 0 saturated heterocycles. The second-order valence-electron chi connectivity index (χ2n) is 7.22. The smallest absolute Gasteiger partial charge is 0.189 e. The van der Waals surface area contributed by atoms with E-state index < -0.39 is 0 Å². The molecule has 12 heteroatoms. The first-order chi connectivity index (χ1) is 17.0. The zero-order valence-electron chi connectivity index (χ0n) is 18.2. The molecule has 3 aromatic heterocycles. The Hall–Kier alpha value is -1.70. The molecule has 176 valence electrons. The molecule has 3 heterocycles. The van der Waals surface area contributed by atoms with Crippen molar-refractivity contribution in [3.63, 3.8) is 0 Å². The highest BCUT2D eigenvalue weighted by molar-refractivity contribution is 9.10. The van der Waals surface area contributed by atoms with E-state index in [4.69, 9.17) is 4.98 Å². The van der Waals surface area contributed by atoms with Crippen molar-refractivity contribution in [1.82, 2.24) is 30.4 Å². The van der Waals surface area contributed by atoms with E-state index in [1.807, 2.05) is 61.5 Å². The largest absolute Gasteiger partial charge is 0.228 e. The zero-order chi connectivity index (χ0) is 24.2. The fourth-order valence-corrected chi connectivity index (χ4v) is 7.06. The second kappa shape index (κ2) is 11.6. The number of halogens is 2. The lowest BCUT2D eigenvalue weighted by Gasteiger charge is -2.04. The summed E-state index contributed by atoms with van der Waals surface area (Å²) in [7, 11) is 0. The van der Waals surface area contributed by atoms with E-state index in [1.54, 1.807) is 46.2 Å². The minimum atomic E-state index is 0.675. The molecule has 0 bridgehead atoms. The highest BCUT2D eigenvalue weighted by Gasteiger charge is 2.11. The van der Waals surface area contributed by atoms with E-state index in [2.05, 4.69) is 57.2 Å². The maximum atomic E-state index is 4.73. The van der Waals surface area contributed by atoms with Gasteiger partial charge in [0.05, 0.1) is 11.5 Å². The number of benzene rings is 2. The SMILES string of the molecule is Cc1cc(SCc2nnc(-c3ccc(Br)cc3)s2)nc(SCc2nnc(-c3ccc(Br)cc3)s2)n1. The van der Waals surface area contributed by atoms with E-state index in [-0.39, 0.29) is 0 Å². The van der Waals surface area contributed by atoms with Crippen molar-refractivity contribution in [3.8, 4) is 21.1 Å². The molecular weight excluding hydrogens is 648 g/mol. The summed E-state index contributed by atoms with van der Waals surface area (Å²) >= 11 is 13.3. The molecule has 5 rings (SSSR count). The molecule has 0 unspecified atom stereocenters. The van der Waals surface area contributed by atoms with Gasteiger partial charge in [0, 0.05) is 25.8 Å². The summed E-state index contributed by atoms with van der Waals surface area (Å²) in [6.07, 6.45) is 0. The lowest BCUT2D eigenvalue weighted by molar-refractivity contribution is 0.863. The number of aromatic nitrogens is 6. The Bertz CT molecular complexity index is 1330. The Morgan fingerprint density at radius 3 is 1.74 bits per heavy atom. The van der Waals surface area contributed by atoms with Gasteiger partial charge in [0.2, 0.25) is 0 Å². The van der Waals surface area contributed by atoms with Gasteiger partial charge in [-0.05, 0) is 37.3 Å². The van der Waals surface area contributed by atoms with Crippen LogP contribution in [-0.4, -0.2) is 30.4 Å². The summed E-state index contributed by atoms with van der Waals surface area (Å²) in [5.41, 5.74) is 3.07. The third kappa shape index (κ3) is 6.75. The predicted molar refractivity (Wildman–Crippen MR) is 152 cm³/mol. The average molecular weight is 664 g/mol. The Morgan fingerprint density at radius 1 is 0.686 bits per heavy atom. The molecule has 0 atom stereocenters. The van der Waals surface area contributed by atoms with E-state index in [0.29, 0.717) is 11.5 Å². The second-order valence-corrected chi connectivity index (χ2v) is 13.1. The number of rotatable bonds is 8. The molecule has 0 radical (unpaired) electrons. The first-order valence-corrected chi connectivity index (χ1v) is 15.5. The Kier molecular flexibility index (Phi) is 8.25. The third-order valence-corrected chi connectivity index (χ3v) is 9.74. The first kappa shape index (κ1) is 25.0.